The first kappa shape index (κ1) is 11.5. The van der Waals surface area contributed by atoms with Gasteiger partial charge in [0.15, 0.2) is 17.8 Å². The van der Waals surface area contributed by atoms with Crippen molar-refractivity contribution in [1.29, 1.82) is 0 Å². The summed E-state index contributed by atoms with van der Waals surface area (Å²) in [6.45, 7) is 3.32. The van der Waals surface area contributed by atoms with Gasteiger partial charge in [-0.25, -0.2) is 15.0 Å². The average molecular weight is 257 g/mol. The van der Waals surface area contributed by atoms with Crippen LogP contribution >= 0.6 is 0 Å². The molecule has 0 atom stereocenters. The molecule has 96 valence electrons. The molecule has 0 bridgehead atoms. The van der Waals surface area contributed by atoms with E-state index in [1.54, 1.807) is 23.7 Å². The standard InChI is InChI=1S/C12H11N5O2/c1-7(18)3-9-4-11-14-8(2)16-17(11)12(15-9)10-5-13-6-19-10/h4-6H,3H2,1-2H3. The number of hydrogen-bond acceptors (Lipinski definition) is 6. The Morgan fingerprint density at radius 1 is 1.42 bits per heavy atom. The monoisotopic (exact) mass is 257 g/mol. The summed E-state index contributed by atoms with van der Waals surface area (Å²) in [5.41, 5.74) is 1.27. The van der Waals surface area contributed by atoms with Crippen LogP contribution in [0.2, 0.25) is 0 Å². The molecule has 3 aromatic heterocycles. The van der Waals surface area contributed by atoms with Crippen LogP contribution in [-0.2, 0) is 11.2 Å². The van der Waals surface area contributed by atoms with Gasteiger partial charge >= 0.3 is 0 Å². The molecule has 3 rings (SSSR count). The molecule has 0 fully saturated rings. The molecule has 7 nitrogen and oxygen atoms in total. The quantitative estimate of drug-likeness (QED) is 0.701. The van der Waals surface area contributed by atoms with Crippen LogP contribution in [0, 0.1) is 6.92 Å². The van der Waals surface area contributed by atoms with Crippen LogP contribution in [0.15, 0.2) is 23.1 Å². The molecule has 3 aromatic rings. The lowest BCUT2D eigenvalue weighted by molar-refractivity contribution is -0.116. The largest absolute Gasteiger partial charge is 0.440 e. The summed E-state index contributed by atoms with van der Waals surface area (Å²) in [7, 11) is 0. The summed E-state index contributed by atoms with van der Waals surface area (Å²) in [6.07, 6.45) is 3.13. The van der Waals surface area contributed by atoms with E-state index in [9.17, 15) is 4.79 Å². The van der Waals surface area contributed by atoms with Crippen molar-refractivity contribution >= 4 is 11.4 Å². The number of ketones is 1. The molecule has 3 heterocycles. The van der Waals surface area contributed by atoms with E-state index in [1.165, 1.54) is 13.3 Å². The van der Waals surface area contributed by atoms with Crippen LogP contribution in [-0.4, -0.2) is 30.3 Å². The van der Waals surface area contributed by atoms with Crippen LogP contribution in [0.25, 0.3) is 17.2 Å². The molecule has 0 saturated carbocycles. The lowest BCUT2D eigenvalue weighted by Crippen LogP contribution is -2.05. The third-order valence-electron chi connectivity index (χ3n) is 2.57. The van der Waals surface area contributed by atoms with E-state index in [0.29, 0.717) is 28.8 Å². The van der Waals surface area contributed by atoms with Gasteiger partial charge in [0.05, 0.1) is 11.9 Å². The Balaban J connectivity index is 2.24. The van der Waals surface area contributed by atoms with Crippen molar-refractivity contribution in [3.05, 3.63) is 30.2 Å². The smallest absolute Gasteiger partial charge is 0.200 e. The number of hydrogen-bond donors (Lipinski definition) is 0. The van der Waals surface area contributed by atoms with Crippen molar-refractivity contribution in [2.45, 2.75) is 20.3 Å². The second-order valence-electron chi connectivity index (χ2n) is 4.24. The van der Waals surface area contributed by atoms with Crippen molar-refractivity contribution in [1.82, 2.24) is 24.6 Å². The van der Waals surface area contributed by atoms with Crippen LogP contribution in [0.4, 0.5) is 0 Å². The topological polar surface area (TPSA) is 86.2 Å². The Bertz CT molecular complexity index is 745. The predicted molar refractivity (Wildman–Crippen MR) is 65.4 cm³/mol. The first-order valence-electron chi connectivity index (χ1n) is 5.75. The van der Waals surface area contributed by atoms with Crippen molar-refractivity contribution < 1.29 is 9.21 Å². The zero-order valence-corrected chi connectivity index (χ0v) is 10.5. The maximum absolute atomic E-state index is 11.2. The number of carbonyl (C=O) groups is 1. The van der Waals surface area contributed by atoms with Crippen molar-refractivity contribution in [2.24, 2.45) is 0 Å². The van der Waals surface area contributed by atoms with Crippen molar-refractivity contribution in [3.8, 4) is 11.6 Å². The Hall–Kier alpha value is -2.57. The Morgan fingerprint density at radius 2 is 2.26 bits per heavy atom. The number of fused-ring (bicyclic) bond motifs is 1. The summed E-state index contributed by atoms with van der Waals surface area (Å²) in [4.78, 5) is 23.8. The fourth-order valence-corrected chi connectivity index (χ4v) is 1.88. The van der Waals surface area contributed by atoms with Gasteiger partial charge in [0, 0.05) is 12.5 Å². The number of aromatic nitrogens is 5. The van der Waals surface area contributed by atoms with E-state index < -0.39 is 0 Å². The molecule has 0 unspecified atom stereocenters. The number of oxazole rings is 1. The number of Topliss-reactive ketones (excluding diaryl/α,β-unsaturated/α-hetero) is 1. The van der Waals surface area contributed by atoms with Gasteiger partial charge in [-0.3, -0.25) is 4.79 Å². The van der Waals surface area contributed by atoms with Gasteiger partial charge < -0.3 is 4.42 Å². The average Bonchev–Trinajstić information content (AvgIpc) is 2.94. The highest BCUT2D eigenvalue weighted by molar-refractivity contribution is 5.78. The fraction of sp³-hybridized carbons (Fsp3) is 0.250. The molecule has 0 aliphatic rings. The van der Waals surface area contributed by atoms with E-state index in [-0.39, 0.29) is 12.2 Å². The van der Waals surface area contributed by atoms with Crippen molar-refractivity contribution in [3.63, 3.8) is 0 Å². The first-order chi connectivity index (χ1) is 9.13. The summed E-state index contributed by atoms with van der Waals surface area (Å²) in [5.74, 6) is 1.64. The van der Waals surface area contributed by atoms with E-state index >= 15 is 0 Å². The maximum atomic E-state index is 11.2. The molecule has 0 aromatic carbocycles. The highest BCUT2D eigenvalue weighted by Crippen LogP contribution is 2.18. The molecular formula is C12H11N5O2. The number of aryl methyl sites for hydroxylation is 1. The normalized spacial score (nSPS) is 11.1. The van der Waals surface area contributed by atoms with Crippen LogP contribution in [0.3, 0.4) is 0 Å². The Kier molecular flexibility index (Phi) is 2.59. The molecule has 0 amide bonds. The minimum Gasteiger partial charge on any atom is -0.440 e. The SMILES string of the molecule is CC(=O)Cc1cc2nc(C)nn2c(-c2cnco2)n1. The van der Waals surface area contributed by atoms with Crippen molar-refractivity contribution in [2.75, 3.05) is 0 Å². The number of rotatable bonds is 3. The molecule has 0 aliphatic heterocycles. The predicted octanol–water partition coefficient (Wildman–Crippen LogP) is 1.22. The zero-order chi connectivity index (χ0) is 13.4. The van der Waals surface area contributed by atoms with E-state index in [4.69, 9.17) is 4.42 Å². The van der Waals surface area contributed by atoms with Gasteiger partial charge in [-0.1, -0.05) is 0 Å². The van der Waals surface area contributed by atoms with Crippen LogP contribution in [0.1, 0.15) is 18.4 Å². The molecule has 0 saturated heterocycles. The van der Waals surface area contributed by atoms with E-state index in [0.717, 1.165) is 0 Å². The number of nitrogens with zero attached hydrogens (tertiary/aromatic N) is 5. The third kappa shape index (κ3) is 2.10. The van der Waals surface area contributed by atoms with Gasteiger partial charge in [0.1, 0.15) is 11.6 Å². The number of carbonyl (C=O) groups excluding carboxylic acids is 1. The minimum atomic E-state index is 0.0385. The van der Waals surface area contributed by atoms with E-state index in [1.807, 2.05) is 0 Å². The lowest BCUT2D eigenvalue weighted by Gasteiger charge is -2.03. The molecule has 0 radical (unpaired) electrons. The second kappa shape index (κ2) is 4.27. The van der Waals surface area contributed by atoms with Crippen LogP contribution in [0.5, 0.6) is 0 Å². The summed E-state index contributed by atoms with van der Waals surface area (Å²) >= 11 is 0. The molecule has 7 heteroatoms. The van der Waals surface area contributed by atoms with Gasteiger partial charge in [-0.15, -0.1) is 5.10 Å². The molecule has 0 N–H and O–H groups in total. The Morgan fingerprint density at radius 3 is 2.95 bits per heavy atom. The van der Waals surface area contributed by atoms with Gasteiger partial charge in [0.2, 0.25) is 5.82 Å². The molecule has 0 aliphatic carbocycles. The van der Waals surface area contributed by atoms with Crippen LogP contribution < -0.4 is 0 Å². The zero-order valence-electron chi connectivity index (χ0n) is 10.5. The highest BCUT2D eigenvalue weighted by atomic mass is 16.3. The van der Waals surface area contributed by atoms with E-state index in [2.05, 4.69) is 20.1 Å². The molecular weight excluding hydrogens is 246 g/mol. The van der Waals surface area contributed by atoms with Gasteiger partial charge in [0.25, 0.3) is 0 Å². The van der Waals surface area contributed by atoms with Gasteiger partial charge in [-0.2, -0.15) is 4.52 Å². The third-order valence-corrected chi connectivity index (χ3v) is 2.57. The molecule has 19 heavy (non-hydrogen) atoms. The highest BCUT2D eigenvalue weighted by Gasteiger charge is 2.14. The summed E-state index contributed by atoms with van der Waals surface area (Å²) in [5, 5.41) is 4.26. The second-order valence-corrected chi connectivity index (χ2v) is 4.24. The minimum absolute atomic E-state index is 0.0385. The summed E-state index contributed by atoms with van der Waals surface area (Å²) < 4.78 is 6.83. The maximum Gasteiger partial charge on any atom is 0.200 e. The molecule has 0 spiro atoms. The first-order valence-corrected chi connectivity index (χ1v) is 5.75. The summed E-state index contributed by atoms with van der Waals surface area (Å²) in [6, 6.07) is 1.75. The van der Waals surface area contributed by atoms with Gasteiger partial charge in [-0.05, 0) is 13.8 Å². The fourth-order valence-electron chi connectivity index (χ4n) is 1.88. The Labute approximate surface area is 108 Å². The lowest BCUT2D eigenvalue weighted by atomic mass is 10.2.